The highest BCUT2D eigenvalue weighted by atomic mass is 35.5. The second-order valence-corrected chi connectivity index (χ2v) is 5.27. The Hall–Kier alpha value is -0.770. The van der Waals surface area contributed by atoms with Crippen molar-refractivity contribution < 1.29 is 9.84 Å². The standard InChI is InChI=1S/C14H20ClNO2/c1-10-9-16(6-3-7-18-10)14-5-4-12(11(2)17)8-13(14)15/h4-5,8,10-11,17H,3,6-7,9H2,1-2H3/t10?,11-/m0/s1. The fourth-order valence-electron chi connectivity index (χ4n) is 2.25. The highest BCUT2D eigenvalue weighted by Gasteiger charge is 2.18. The maximum atomic E-state index is 9.54. The van der Waals surface area contributed by atoms with E-state index in [0.717, 1.165) is 37.4 Å². The zero-order chi connectivity index (χ0) is 13.1. The van der Waals surface area contributed by atoms with Crippen LogP contribution in [0.4, 0.5) is 5.69 Å². The molecule has 18 heavy (non-hydrogen) atoms. The Balaban J connectivity index is 2.21. The molecule has 2 atom stereocenters. The molecular weight excluding hydrogens is 250 g/mol. The van der Waals surface area contributed by atoms with Crippen molar-refractivity contribution in [2.45, 2.75) is 32.5 Å². The molecule has 0 spiro atoms. The first-order valence-corrected chi connectivity index (χ1v) is 6.80. The van der Waals surface area contributed by atoms with Gasteiger partial charge in [-0.25, -0.2) is 0 Å². The summed E-state index contributed by atoms with van der Waals surface area (Å²) in [7, 11) is 0. The van der Waals surface area contributed by atoms with E-state index in [4.69, 9.17) is 16.3 Å². The molecular formula is C14H20ClNO2. The van der Waals surface area contributed by atoms with Gasteiger partial charge in [0.1, 0.15) is 0 Å². The highest BCUT2D eigenvalue weighted by molar-refractivity contribution is 6.33. The van der Waals surface area contributed by atoms with E-state index >= 15 is 0 Å². The minimum absolute atomic E-state index is 0.222. The zero-order valence-electron chi connectivity index (χ0n) is 10.9. The van der Waals surface area contributed by atoms with E-state index in [2.05, 4.69) is 11.8 Å². The molecule has 1 heterocycles. The summed E-state index contributed by atoms with van der Waals surface area (Å²) in [4.78, 5) is 2.26. The number of rotatable bonds is 2. The SMILES string of the molecule is CC1CN(c2ccc([C@H](C)O)cc2Cl)CCCO1. The Kier molecular flexibility index (Phi) is 4.49. The summed E-state index contributed by atoms with van der Waals surface area (Å²) in [5.41, 5.74) is 1.88. The lowest BCUT2D eigenvalue weighted by atomic mass is 10.1. The Labute approximate surface area is 113 Å². The van der Waals surface area contributed by atoms with Gasteiger partial charge in [0.2, 0.25) is 0 Å². The lowest BCUT2D eigenvalue weighted by Crippen LogP contribution is -2.30. The van der Waals surface area contributed by atoms with Gasteiger partial charge in [-0.3, -0.25) is 0 Å². The van der Waals surface area contributed by atoms with Crippen LogP contribution in [0.5, 0.6) is 0 Å². The molecule has 0 radical (unpaired) electrons. The van der Waals surface area contributed by atoms with Crippen molar-refractivity contribution in [1.82, 2.24) is 0 Å². The van der Waals surface area contributed by atoms with E-state index in [1.54, 1.807) is 6.92 Å². The first-order valence-electron chi connectivity index (χ1n) is 6.42. The molecule has 1 saturated heterocycles. The molecule has 1 aromatic carbocycles. The van der Waals surface area contributed by atoms with Gasteiger partial charge in [0, 0.05) is 19.7 Å². The third-order valence-electron chi connectivity index (χ3n) is 3.25. The molecule has 4 heteroatoms. The average Bonchev–Trinajstić information content (AvgIpc) is 2.53. The maximum absolute atomic E-state index is 9.54. The fourth-order valence-corrected chi connectivity index (χ4v) is 2.56. The van der Waals surface area contributed by atoms with Gasteiger partial charge < -0.3 is 14.7 Å². The summed E-state index contributed by atoms with van der Waals surface area (Å²) in [6.45, 7) is 6.44. The smallest absolute Gasteiger partial charge is 0.0762 e. The van der Waals surface area contributed by atoms with Crippen LogP contribution in [0.1, 0.15) is 31.9 Å². The summed E-state index contributed by atoms with van der Waals surface area (Å²) in [6, 6.07) is 5.77. The number of benzene rings is 1. The molecule has 100 valence electrons. The topological polar surface area (TPSA) is 32.7 Å². The van der Waals surface area contributed by atoms with Crippen LogP contribution in [-0.4, -0.2) is 30.9 Å². The minimum Gasteiger partial charge on any atom is -0.389 e. The molecule has 0 bridgehead atoms. The van der Waals surface area contributed by atoms with Crippen molar-refractivity contribution >= 4 is 17.3 Å². The summed E-state index contributed by atoms with van der Waals surface area (Å²) < 4.78 is 5.63. The molecule has 0 saturated carbocycles. The maximum Gasteiger partial charge on any atom is 0.0762 e. The molecule has 1 aliphatic heterocycles. The van der Waals surface area contributed by atoms with Gasteiger partial charge in [0.05, 0.1) is 22.9 Å². The first kappa shape index (κ1) is 13.7. The lowest BCUT2D eigenvalue weighted by molar-refractivity contribution is 0.0821. The van der Waals surface area contributed by atoms with Crippen molar-refractivity contribution in [3.8, 4) is 0 Å². The third-order valence-corrected chi connectivity index (χ3v) is 3.55. The van der Waals surface area contributed by atoms with E-state index in [9.17, 15) is 5.11 Å². The van der Waals surface area contributed by atoms with Crippen molar-refractivity contribution in [2.24, 2.45) is 0 Å². The molecule has 1 unspecified atom stereocenters. The van der Waals surface area contributed by atoms with Crippen LogP contribution in [0.3, 0.4) is 0 Å². The zero-order valence-corrected chi connectivity index (χ0v) is 11.7. The van der Waals surface area contributed by atoms with Crippen molar-refractivity contribution in [3.05, 3.63) is 28.8 Å². The predicted octanol–water partition coefficient (Wildman–Crippen LogP) is 3.01. The summed E-state index contributed by atoms with van der Waals surface area (Å²) >= 11 is 6.31. The molecule has 1 N–H and O–H groups in total. The minimum atomic E-state index is -0.483. The van der Waals surface area contributed by atoms with E-state index in [1.165, 1.54) is 0 Å². The van der Waals surface area contributed by atoms with Gasteiger partial charge in [0.15, 0.2) is 0 Å². The molecule has 0 aromatic heterocycles. The van der Waals surface area contributed by atoms with Gasteiger partial charge in [0.25, 0.3) is 0 Å². The van der Waals surface area contributed by atoms with Crippen molar-refractivity contribution in [2.75, 3.05) is 24.6 Å². The summed E-state index contributed by atoms with van der Waals surface area (Å²) in [5, 5.41) is 10.2. The lowest BCUT2D eigenvalue weighted by Gasteiger charge is -2.25. The number of hydrogen-bond donors (Lipinski definition) is 1. The number of nitrogens with zero attached hydrogens (tertiary/aromatic N) is 1. The number of aliphatic hydroxyl groups is 1. The van der Waals surface area contributed by atoms with E-state index in [-0.39, 0.29) is 6.10 Å². The Morgan fingerprint density at radius 3 is 2.94 bits per heavy atom. The molecule has 1 aliphatic rings. The Bertz CT molecular complexity index is 409. The van der Waals surface area contributed by atoms with Gasteiger partial charge >= 0.3 is 0 Å². The summed E-state index contributed by atoms with van der Waals surface area (Å²) in [5.74, 6) is 0. The Morgan fingerprint density at radius 1 is 1.50 bits per heavy atom. The number of ether oxygens (including phenoxy) is 1. The molecule has 2 rings (SSSR count). The monoisotopic (exact) mass is 269 g/mol. The predicted molar refractivity (Wildman–Crippen MR) is 74.3 cm³/mol. The van der Waals surface area contributed by atoms with Crippen LogP contribution in [0.25, 0.3) is 0 Å². The number of anilines is 1. The molecule has 0 aliphatic carbocycles. The third kappa shape index (κ3) is 3.16. The first-order chi connectivity index (χ1) is 8.58. The van der Waals surface area contributed by atoms with Crippen molar-refractivity contribution in [3.63, 3.8) is 0 Å². The van der Waals surface area contributed by atoms with Crippen LogP contribution in [-0.2, 0) is 4.74 Å². The quantitative estimate of drug-likeness (QED) is 0.896. The van der Waals surface area contributed by atoms with Crippen molar-refractivity contribution in [1.29, 1.82) is 0 Å². The number of aliphatic hydroxyl groups excluding tert-OH is 1. The van der Waals surface area contributed by atoms with E-state index in [0.29, 0.717) is 5.02 Å². The number of hydrogen-bond acceptors (Lipinski definition) is 3. The van der Waals surface area contributed by atoms with Crippen LogP contribution in [0.2, 0.25) is 5.02 Å². The second kappa shape index (κ2) is 5.91. The van der Waals surface area contributed by atoms with E-state index in [1.807, 2.05) is 18.2 Å². The van der Waals surface area contributed by atoms with Gasteiger partial charge in [-0.2, -0.15) is 0 Å². The van der Waals surface area contributed by atoms with Gasteiger partial charge in [-0.15, -0.1) is 0 Å². The summed E-state index contributed by atoms with van der Waals surface area (Å²) in [6.07, 6.45) is 0.752. The fraction of sp³-hybridized carbons (Fsp3) is 0.571. The molecule has 0 amide bonds. The van der Waals surface area contributed by atoms with Crippen LogP contribution >= 0.6 is 11.6 Å². The second-order valence-electron chi connectivity index (χ2n) is 4.87. The van der Waals surface area contributed by atoms with Gasteiger partial charge in [-0.1, -0.05) is 17.7 Å². The molecule has 1 fully saturated rings. The largest absolute Gasteiger partial charge is 0.389 e. The van der Waals surface area contributed by atoms with Crippen LogP contribution in [0, 0.1) is 0 Å². The average molecular weight is 270 g/mol. The Morgan fingerprint density at radius 2 is 2.28 bits per heavy atom. The normalized spacial score (nSPS) is 22.7. The van der Waals surface area contributed by atoms with E-state index < -0.39 is 6.10 Å². The van der Waals surface area contributed by atoms with Gasteiger partial charge in [-0.05, 0) is 38.0 Å². The molecule has 1 aromatic rings. The number of halogens is 1. The highest BCUT2D eigenvalue weighted by Crippen LogP contribution is 2.30. The van der Waals surface area contributed by atoms with Crippen LogP contribution < -0.4 is 4.90 Å². The van der Waals surface area contributed by atoms with Crippen LogP contribution in [0.15, 0.2) is 18.2 Å². The molecule has 3 nitrogen and oxygen atoms in total.